The second kappa shape index (κ2) is 7.43. The number of carbonyl (C=O) groups excluding carboxylic acids is 1. The van der Waals surface area contributed by atoms with E-state index in [0.717, 1.165) is 0 Å². The maximum Gasteiger partial charge on any atom is 0.320 e. The van der Waals surface area contributed by atoms with E-state index in [1.54, 1.807) is 6.08 Å². The minimum Gasteiger partial charge on any atom is -0.462 e. The van der Waals surface area contributed by atoms with Crippen LogP contribution in [0.5, 0.6) is 0 Å². The Morgan fingerprint density at radius 1 is 1.40 bits per heavy atom. The summed E-state index contributed by atoms with van der Waals surface area (Å²) in [6.45, 7) is 10.9. The average molecular weight is 215 g/mol. The molecule has 1 N–H and O–H groups in total. The normalized spacial score (nSPS) is 11.1. The van der Waals surface area contributed by atoms with Gasteiger partial charge in [-0.15, -0.1) is 6.58 Å². The van der Waals surface area contributed by atoms with Gasteiger partial charge in [0.25, 0.3) is 0 Å². The molecule has 0 saturated carbocycles. The van der Waals surface area contributed by atoms with Crippen LogP contribution in [0.15, 0.2) is 12.7 Å². The summed E-state index contributed by atoms with van der Waals surface area (Å²) in [5.41, 5.74) is -0.187. The molecule has 0 heterocycles. The highest BCUT2D eigenvalue weighted by Crippen LogP contribution is 2.05. The molecule has 15 heavy (non-hydrogen) atoms. The number of hydrogen-bond donors (Lipinski definition) is 1. The van der Waals surface area contributed by atoms with Gasteiger partial charge in [-0.05, 0) is 20.8 Å². The topological polar surface area (TPSA) is 47.6 Å². The first kappa shape index (κ1) is 14.1. The first-order chi connectivity index (χ1) is 6.95. The van der Waals surface area contributed by atoms with Gasteiger partial charge in [-0.2, -0.15) is 0 Å². The van der Waals surface area contributed by atoms with E-state index >= 15 is 0 Å². The van der Waals surface area contributed by atoms with Crippen LogP contribution in [0.4, 0.5) is 0 Å². The summed E-state index contributed by atoms with van der Waals surface area (Å²) in [6, 6.07) is 0. The van der Waals surface area contributed by atoms with Crippen molar-refractivity contribution in [1.82, 2.24) is 5.32 Å². The van der Waals surface area contributed by atoms with Crippen molar-refractivity contribution in [2.45, 2.75) is 26.4 Å². The molecule has 0 fully saturated rings. The van der Waals surface area contributed by atoms with Crippen LogP contribution in [-0.4, -0.2) is 37.9 Å². The van der Waals surface area contributed by atoms with E-state index in [4.69, 9.17) is 9.47 Å². The third-order valence-corrected chi connectivity index (χ3v) is 1.44. The molecule has 0 amide bonds. The van der Waals surface area contributed by atoms with E-state index in [1.165, 1.54) is 0 Å². The van der Waals surface area contributed by atoms with Crippen molar-refractivity contribution in [3.8, 4) is 0 Å². The lowest BCUT2D eigenvalue weighted by Gasteiger charge is -2.19. The zero-order chi connectivity index (χ0) is 11.7. The number of carbonyl (C=O) groups is 1. The van der Waals surface area contributed by atoms with Crippen molar-refractivity contribution in [1.29, 1.82) is 0 Å². The predicted octanol–water partition coefficient (Wildman–Crippen LogP) is 1.12. The quantitative estimate of drug-likeness (QED) is 0.393. The molecule has 88 valence electrons. The molecule has 0 aliphatic carbocycles. The Morgan fingerprint density at radius 2 is 2.07 bits per heavy atom. The molecule has 0 rings (SSSR count). The van der Waals surface area contributed by atoms with Gasteiger partial charge in [-0.3, -0.25) is 4.79 Å². The fourth-order valence-corrected chi connectivity index (χ4v) is 0.831. The Labute approximate surface area is 91.6 Å². The molecule has 0 aliphatic heterocycles. The summed E-state index contributed by atoms with van der Waals surface area (Å²) in [7, 11) is 0. The molecule has 0 spiro atoms. The van der Waals surface area contributed by atoms with Gasteiger partial charge < -0.3 is 14.8 Å². The zero-order valence-corrected chi connectivity index (χ0v) is 9.84. The molecule has 0 aliphatic rings. The molecule has 0 bridgehead atoms. The molecular formula is C11H21NO3. The lowest BCUT2D eigenvalue weighted by atomic mass is 10.2. The van der Waals surface area contributed by atoms with Crippen LogP contribution in [0.2, 0.25) is 0 Å². The molecule has 4 nitrogen and oxygen atoms in total. The van der Waals surface area contributed by atoms with Gasteiger partial charge in [0.2, 0.25) is 0 Å². The van der Waals surface area contributed by atoms with Crippen molar-refractivity contribution >= 4 is 5.97 Å². The maximum atomic E-state index is 11.1. The van der Waals surface area contributed by atoms with Gasteiger partial charge in [0.15, 0.2) is 0 Å². The van der Waals surface area contributed by atoms with Crippen LogP contribution in [0.1, 0.15) is 20.8 Å². The number of nitrogens with one attached hydrogen (secondary N) is 1. The smallest absolute Gasteiger partial charge is 0.320 e. The summed E-state index contributed by atoms with van der Waals surface area (Å²) in [6.07, 6.45) is 1.69. The Morgan fingerprint density at radius 3 is 2.60 bits per heavy atom. The third-order valence-electron chi connectivity index (χ3n) is 1.44. The first-order valence-corrected chi connectivity index (χ1v) is 5.07. The fraction of sp³-hybridized carbons (Fsp3) is 0.727. The van der Waals surface area contributed by atoms with Crippen molar-refractivity contribution in [3.63, 3.8) is 0 Å². The van der Waals surface area contributed by atoms with Crippen molar-refractivity contribution in [2.75, 3.05) is 26.3 Å². The number of rotatable bonds is 7. The fourth-order valence-electron chi connectivity index (χ4n) is 0.831. The lowest BCUT2D eigenvalue weighted by molar-refractivity contribution is -0.145. The second-order valence-electron chi connectivity index (χ2n) is 4.10. The van der Waals surface area contributed by atoms with E-state index in [0.29, 0.717) is 19.8 Å². The average Bonchev–Trinajstić information content (AvgIpc) is 2.11. The molecule has 0 radical (unpaired) electrons. The van der Waals surface area contributed by atoms with Crippen molar-refractivity contribution < 1.29 is 14.3 Å². The minimum absolute atomic E-state index is 0.187. The summed E-state index contributed by atoms with van der Waals surface area (Å²) in [5.74, 6) is -0.269. The molecule has 4 heteroatoms. The van der Waals surface area contributed by atoms with E-state index in [-0.39, 0.29) is 18.1 Å². The Balaban J connectivity index is 3.35. The molecule has 0 aromatic rings. The lowest BCUT2D eigenvalue weighted by Crippen LogP contribution is -2.27. The number of ether oxygens (including phenoxy) is 2. The molecule has 0 unspecified atom stereocenters. The summed E-state index contributed by atoms with van der Waals surface area (Å²) in [5, 5.41) is 2.86. The van der Waals surface area contributed by atoms with Gasteiger partial charge in [-0.25, -0.2) is 0 Å². The van der Waals surface area contributed by atoms with E-state index in [9.17, 15) is 4.79 Å². The predicted molar refractivity (Wildman–Crippen MR) is 59.7 cm³/mol. The second-order valence-corrected chi connectivity index (χ2v) is 4.10. The van der Waals surface area contributed by atoms with Crippen LogP contribution < -0.4 is 5.32 Å². The Bertz CT molecular complexity index is 196. The van der Waals surface area contributed by atoms with Gasteiger partial charge in [-0.1, -0.05) is 6.08 Å². The standard InChI is InChI=1S/C11H21NO3/c1-5-6-12-9-10(13)14-7-8-15-11(2,3)4/h5,12H,1,6-9H2,2-4H3. The van der Waals surface area contributed by atoms with Crippen molar-refractivity contribution in [3.05, 3.63) is 12.7 Å². The Hall–Kier alpha value is -0.870. The summed E-state index contributed by atoms with van der Waals surface area (Å²) in [4.78, 5) is 11.1. The van der Waals surface area contributed by atoms with Crippen LogP contribution in [0.25, 0.3) is 0 Å². The highest BCUT2D eigenvalue weighted by atomic mass is 16.6. The number of hydrogen-bond acceptors (Lipinski definition) is 4. The van der Waals surface area contributed by atoms with E-state index in [2.05, 4.69) is 11.9 Å². The van der Waals surface area contributed by atoms with Crippen LogP contribution in [0.3, 0.4) is 0 Å². The number of esters is 1. The molecule has 0 atom stereocenters. The van der Waals surface area contributed by atoms with E-state index in [1.807, 2.05) is 20.8 Å². The maximum absolute atomic E-state index is 11.1. The van der Waals surface area contributed by atoms with Gasteiger partial charge >= 0.3 is 5.97 Å². The largest absolute Gasteiger partial charge is 0.462 e. The molecule has 0 aromatic carbocycles. The monoisotopic (exact) mass is 215 g/mol. The summed E-state index contributed by atoms with van der Waals surface area (Å²) < 4.78 is 10.3. The highest BCUT2D eigenvalue weighted by molar-refractivity contribution is 5.71. The minimum atomic E-state index is -0.269. The van der Waals surface area contributed by atoms with Gasteiger partial charge in [0, 0.05) is 6.54 Å². The van der Waals surface area contributed by atoms with Crippen LogP contribution in [0, 0.1) is 0 Å². The van der Waals surface area contributed by atoms with Crippen molar-refractivity contribution in [2.24, 2.45) is 0 Å². The SMILES string of the molecule is C=CCNCC(=O)OCCOC(C)(C)C. The molecule has 0 saturated heterocycles. The Kier molecular flexibility index (Phi) is 6.99. The van der Waals surface area contributed by atoms with Gasteiger partial charge in [0.1, 0.15) is 6.61 Å². The summed E-state index contributed by atoms with van der Waals surface area (Å²) >= 11 is 0. The van der Waals surface area contributed by atoms with Crippen LogP contribution >= 0.6 is 0 Å². The third kappa shape index (κ3) is 11.1. The van der Waals surface area contributed by atoms with E-state index < -0.39 is 0 Å². The first-order valence-electron chi connectivity index (χ1n) is 5.07. The molecule has 0 aromatic heterocycles. The highest BCUT2D eigenvalue weighted by Gasteiger charge is 2.09. The van der Waals surface area contributed by atoms with Crippen LogP contribution in [-0.2, 0) is 14.3 Å². The molecular weight excluding hydrogens is 194 g/mol. The van der Waals surface area contributed by atoms with Gasteiger partial charge in [0.05, 0.1) is 18.8 Å². The zero-order valence-electron chi connectivity index (χ0n) is 9.84.